The number of anilines is 1. The van der Waals surface area contributed by atoms with Gasteiger partial charge in [0.05, 0.1) is 13.2 Å². The van der Waals surface area contributed by atoms with Gasteiger partial charge in [0.15, 0.2) is 0 Å². The third-order valence-corrected chi connectivity index (χ3v) is 5.89. The van der Waals surface area contributed by atoms with Gasteiger partial charge in [0, 0.05) is 37.4 Å². The van der Waals surface area contributed by atoms with E-state index in [-0.39, 0.29) is 11.9 Å². The molecule has 0 saturated heterocycles. The van der Waals surface area contributed by atoms with Crippen LogP contribution in [-0.2, 0) is 4.74 Å². The maximum absolute atomic E-state index is 12.5. The van der Waals surface area contributed by atoms with Crippen molar-refractivity contribution in [1.29, 1.82) is 0 Å². The maximum atomic E-state index is 12.5. The van der Waals surface area contributed by atoms with Gasteiger partial charge in [0.2, 0.25) is 0 Å². The third-order valence-electron chi connectivity index (χ3n) is 5.89. The molecule has 1 heterocycles. The fraction of sp³-hybridized carbons (Fsp3) is 0.375. The topological polar surface area (TPSA) is 59.6 Å². The van der Waals surface area contributed by atoms with Gasteiger partial charge >= 0.3 is 0 Å². The molecule has 2 N–H and O–H groups in total. The Bertz CT molecular complexity index is 909. The van der Waals surface area contributed by atoms with Crippen molar-refractivity contribution in [3.63, 3.8) is 0 Å². The van der Waals surface area contributed by atoms with Crippen molar-refractivity contribution < 1.29 is 14.3 Å². The SMILES string of the molecule is COCCCNC(=O)c1ccc2c(c1)C1C=CCC1C(c1cccc(OC)c1)N2. The lowest BCUT2D eigenvalue weighted by Crippen LogP contribution is -2.30. The standard InChI is InChI=1S/C24H28N2O3/c1-28-13-5-12-25-24(27)17-10-11-22-21(15-17)19-8-4-9-20(19)23(26-22)16-6-3-7-18(14-16)29-2/h3-4,6-8,10-11,14-15,19-20,23,26H,5,9,12-13H2,1-2H3,(H,25,27). The number of nitrogens with one attached hydrogen (secondary N) is 2. The van der Waals surface area contributed by atoms with Crippen LogP contribution in [0, 0.1) is 5.92 Å². The first-order valence-electron chi connectivity index (χ1n) is 10.2. The lowest BCUT2D eigenvalue weighted by atomic mass is 9.76. The van der Waals surface area contributed by atoms with E-state index in [9.17, 15) is 4.79 Å². The molecule has 3 unspecified atom stereocenters. The summed E-state index contributed by atoms with van der Waals surface area (Å²) < 4.78 is 10.5. The Morgan fingerprint density at radius 1 is 1.21 bits per heavy atom. The summed E-state index contributed by atoms with van der Waals surface area (Å²) in [5.41, 5.74) is 4.24. The Balaban J connectivity index is 1.57. The number of rotatable bonds is 7. The highest BCUT2D eigenvalue weighted by Gasteiger charge is 2.38. The Morgan fingerprint density at radius 3 is 2.93 bits per heavy atom. The van der Waals surface area contributed by atoms with E-state index in [4.69, 9.17) is 9.47 Å². The quantitative estimate of drug-likeness (QED) is 0.545. The Morgan fingerprint density at radius 2 is 2.10 bits per heavy atom. The minimum absolute atomic E-state index is 0.0302. The van der Waals surface area contributed by atoms with E-state index in [1.807, 2.05) is 30.3 Å². The Hall–Kier alpha value is -2.79. The molecular weight excluding hydrogens is 364 g/mol. The summed E-state index contributed by atoms with van der Waals surface area (Å²) in [6, 6.07) is 14.5. The van der Waals surface area contributed by atoms with Gasteiger partial charge in [-0.2, -0.15) is 0 Å². The summed E-state index contributed by atoms with van der Waals surface area (Å²) in [5.74, 6) is 1.58. The van der Waals surface area contributed by atoms with E-state index < -0.39 is 0 Å². The number of carbonyl (C=O) groups is 1. The number of hydrogen-bond acceptors (Lipinski definition) is 4. The monoisotopic (exact) mass is 392 g/mol. The minimum atomic E-state index is -0.0302. The van der Waals surface area contributed by atoms with Crippen LogP contribution in [0.2, 0.25) is 0 Å². The van der Waals surface area contributed by atoms with Crippen LogP contribution < -0.4 is 15.4 Å². The predicted molar refractivity (Wildman–Crippen MR) is 115 cm³/mol. The van der Waals surface area contributed by atoms with Crippen molar-refractivity contribution in [2.45, 2.75) is 24.8 Å². The molecule has 2 aliphatic rings. The first-order valence-corrected chi connectivity index (χ1v) is 10.2. The van der Waals surface area contributed by atoms with Crippen molar-refractivity contribution >= 4 is 11.6 Å². The number of hydrogen-bond donors (Lipinski definition) is 2. The first kappa shape index (κ1) is 19.5. The van der Waals surface area contributed by atoms with Crippen molar-refractivity contribution in [2.24, 2.45) is 5.92 Å². The second-order valence-corrected chi connectivity index (χ2v) is 7.66. The predicted octanol–water partition coefficient (Wildman–Crippen LogP) is 4.29. The molecule has 0 spiro atoms. The van der Waals surface area contributed by atoms with Crippen LogP contribution in [0.15, 0.2) is 54.6 Å². The summed E-state index contributed by atoms with van der Waals surface area (Å²) in [7, 11) is 3.37. The summed E-state index contributed by atoms with van der Waals surface area (Å²) in [5, 5.41) is 6.69. The second kappa shape index (κ2) is 8.70. The molecular formula is C24H28N2O3. The molecule has 0 radical (unpaired) electrons. The van der Waals surface area contributed by atoms with E-state index in [2.05, 4.69) is 34.9 Å². The Kier molecular flexibility index (Phi) is 5.86. The number of allylic oxidation sites excluding steroid dienone is 2. The van der Waals surface area contributed by atoms with Gasteiger partial charge in [0.1, 0.15) is 5.75 Å². The van der Waals surface area contributed by atoms with E-state index in [1.165, 1.54) is 11.1 Å². The molecule has 0 fully saturated rings. The summed E-state index contributed by atoms with van der Waals surface area (Å²) in [6.07, 6.45) is 6.38. The average molecular weight is 392 g/mol. The molecule has 0 aromatic heterocycles. The number of amides is 1. The molecule has 152 valence electrons. The molecule has 5 heteroatoms. The van der Waals surface area contributed by atoms with Gasteiger partial charge in [-0.15, -0.1) is 0 Å². The highest BCUT2D eigenvalue weighted by molar-refractivity contribution is 5.95. The number of methoxy groups -OCH3 is 2. The van der Waals surface area contributed by atoms with Crippen LogP contribution in [0.25, 0.3) is 0 Å². The van der Waals surface area contributed by atoms with Gasteiger partial charge in [-0.3, -0.25) is 4.79 Å². The van der Waals surface area contributed by atoms with Gasteiger partial charge in [0.25, 0.3) is 5.91 Å². The average Bonchev–Trinajstić information content (AvgIpc) is 3.26. The Labute approximate surface area is 172 Å². The highest BCUT2D eigenvalue weighted by Crippen LogP contribution is 2.50. The van der Waals surface area contributed by atoms with E-state index >= 15 is 0 Å². The molecule has 29 heavy (non-hydrogen) atoms. The largest absolute Gasteiger partial charge is 0.497 e. The number of carbonyl (C=O) groups excluding carboxylic acids is 1. The summed E-state index contributed by atoms with van der Waals surface area (Å²) in [6.45, 7) is 1.26. The van der Waals surface area contributed by atoms with Gasteiger partial charge in [-0.05, 0) is 60.2 Å². The van der Waals surface area contributed by atoms with Crippen LogP contribution in [0.5, 0.6) is 5.75 Å². The van der Waals surface area contributed by atoms with Crippen LogP contribution in [0.4, 0.5) is 5.69 Å². The van der Waals surface area contributed by atoms with Crippen LogP contribution in [0.1, 0.15) is 46.3 Å². The summed E-state index contributed by atoms with van der Waals surface area (Å²) in [4.78, 5) is 12.5. The molecule has 2 aromatic carbocycles. The van der Waals surface area contributed by atoms with E-state index in [0.717, 1.165) is 24.3 Å². The number of benzene rings is 2. The molecule has 1 amide bonds. The molecule has 1 aliphatic heterocycles. The molecule has 5 nitrogen and oxygen atoms in total. The third kappa shape index (κ3) is 4.01. The lowest BCUT2D eigenvalue weighted by Gasteiger charge is -2.37. The zero-order chi connectivity index (χ0) is 20.2. The van der Waals surface area contributed by atoms with Crippen molar-refractivity contribution in [3.8, 4) is 5.75 Å². The smallest absolute Gasteiger partial charge is 0.251 e. The normalized spacial score (nSPS) is 21.8. The maximum Gasteiger partial charge on any atom is 0.251 e. The van der Waals surface area contributed by atoms with Crippen molar-refractivity contribution in [3.05, 3.63) is 71.3 Å². The highest BCUT2D eigenvalue weighted by atomic mass is 16.5. The number of ether oxygens (including phenoxy) is 2. The van der Waals surface area contributed by atoms with Gasteiger partial charge in [-0.1, -0.05) is 24.3 Å². The second-order valence-electron chi connectivity index (χ2n) is 7.66. The summed E-state index contributed by atoms with van der Waals surface area (Å²) >= 11 is 0. The van der Waals surface area contributed by atoms with Crippen molar-refractivity contribution in [2.75, 3.05) is 32.7 Å². The van der Waals surface area contributed by atoms with Crippen LogP contribution >= 0.6 is 0 Å². The fourth-order valence-electron chi connectivity index (χ4n) is 4.42. The van der Waals surface area contributed by atoms with Gasteiger partial charge in [-0.25, -0.2) is 0 Å². The van der Waals surface area contributed by atoms with Crippen LogP contribution in [-0.4, -0.2) is 33.3 Å². The lowest BCUT2D eigenvalue weighted by molar-refractivity contribution is 0.0948. The van der Waals surface area contributed by atoms with E-state index in [1.54, 1.807) is 14.2 Å². The first-order chi connectivity index (χ1) is 14.2. The van der Waals surface area contributed by atoms with Crippen LogP contribution in [0.3, 0.4) is 0 Å². The van der Waals surface area contributed by atoms with Crippen molar-refractivity contribution in [1.82, 2.24) is 5.32 Å². The zero-order valence-corrected chi connectivity index (χ0v) is 17.0. The molecule has 1 aliphatic carbocycles. The molecule has 0 saturated carbocycles. The van der Waals surface area contributed by atoms with E-state index in [0.29, 0.717) is 30.6 Å². The zero-order valence-electron chi connectivity index (χ0n) is 17.0. The fourth-order valence-corrected chi connectivity index (χ4v) is 4.42. The molecule has 3 atom stereocenters. The molecule has 0 bridgehead atoms. The minimum Gasteiger partial charge on any atom is -0.497 e. The van der Waals surface area contributed by atoms with Gasteiger partial charge < -0.3 is 20.1 Å². The molecule has 4 rings (SSSR count). The molecule has 2 aromatic rings. The number of fused-ring (bicyclic) bond motifs is 3.